The average molecular weight is 483 g/mol. The van der Waals surface area contributed by atoms with Gasteiger partial charge in [0.1, 0.15) is 0 Å². The van der Waals surface area contributed by atoms with Crippen LogP contribution in [0, 0.1) is 5.92 Å². The molecule has 1 fully saturated rings. The summed E-state index contributed by atoms with van der Waals surface area (Å²) >= 11 is -2.43. The standard InChI is InChI=1S/C13H21O.3C4H9.Sn/c1-2-3-4-8-11-13(14)12-9-6-5-7-10-12;3*1-3-4-2;/h11-12H,2-7,9-10H2,1H3;3*1,3-4H2,2H3;. The monoisotopic (exact) mass is 484 g/mol. The Kier molecular flexibility index (Phi) is 14.1. The van der Waals surface area contributed by atoms with E-state index < -0.39 is 18.4 Å². The van der Waals surface area contributed by atoms with Crippen LogP contribution in [-0.2, 0) is 4.79 Å². The van der Waals surface area contributed by atoms with E-state index in [1.807, 2.05) is 0 Å². The summed E-state index contributed by atoms with van der Waals surface area (Å²) in [6, 6.07) is 0. The van der Waals surface area contributed by atoms with Crippen molar-refractivity contribution in [1.82, 2.24) is 0 Å². The van der Waals surface area contributed by atoms with Crippen molar-refractivity contribution in [3.05, 3.63) is 9.67 Å². The Labute approximate surface area is 175 Å². The summed E-state index contributed by atoms with van der Waals surface area (Å²) < 4.78 is 6.24. The van der Waals surface area contributed by atoms with Crippen LogP contribution in [0.5, 0.6) is 0 Å². The van der Waals surface area contributed by atoms with E-state index >= 15 is 0 Å². The third-order valence-corrected chi connectivity index (χ3v) is 23.1. The van der Waals surface area contributed by atoms with Crippen LogP contribution in [0.1, 0.15) is 118 Å². The second-order valence-electron chi connectivity index (χ2n) is 9.10. The zero-order valence-electron chi connectivity index (χ0n) is 19.1. The first-order valence-electron chi connectivity index (χ1n) is 12.4. The number of unbranched alkanes of at least 4 members (excludes halogenated alkanes) is 4. The average Bonchev–Trinajstić information content (AvgIpc) is 2.71. The van der Waals surface area contributed by atoms with Crippen molar-refractivity contribution in [2.45, 2.75) is 131 Å². The fourth-order valence-corrected chi connectivity index (χ4v) is 21.9. The molecule has 1 nitrogen and oxygen atoms in total. The molecule has 1 rings (SSSR count). The van der Waals surface area contributed by atoms with Crippen LogP contribution in [0.4, 0.5) is 0 Å². The van der Waals surface area contributed by atoms with E-state index in [1.54, 1.807) is 3.59 Å². The third-order valence-electron chi connectivity index (χ3n) is 6.83. The third kappa shape index (κ3) is 9.05. The zero-order chi connectivity index (χ0) is 20.0. The van der Waals surface area contributed by atoms with Crippen LogP contribution in [0.2, 0.25) is 13.3 Å². The summed E-state index contributed by atoms with van der Waals surface area (Å²) in [5, 5.41) is 0. The van der Waals surface area contributed by atoms with Crippen LogP contribution in [-0.4, -0.2) is 24.2 Å². The molecule has 2 heteroatoms. The quantitative estimate of drug-likeness (QED) is 0.168. The van der Waals surface area contributed by atoms with E-state index in [1.165, 1.54) is 90.4 Å². The molecule has 0 unspecified atom stereocenters. The maximum absolute atomic E-state index is 13.2. The second kappa shape index (κ2) is 15.1. The first-order chi connectivity index (χ1) is 13.1. The second-order valence-corrected chi connectivity index (χ2v) is 22.5. The van der Waals surface area contributed by atoms with E-state index in [9.17, 15) is 4.79 Å². The fraction of sp³-hybridized carbons (Fsp3) is 0.880. The van der Waals surface area contributed by atoms with Crippen molar-refractivity contribution in [3.63, 3.8) is 0 Å². The van der Waals surface area contributed by atoms with Crippen LogP contribution in [0.15, 0.2) is 9.67 Å². The van der Waals surface area contributed by atoms with Gasteiger partial charge in [0.25, 0.3) is 0 Å². The first kappa shape index (κ1) is 25.2. The normalized spacial score (nSPS) is 16.7. The minimum absolute atomic E-state index is 0.350. The molecule has 1 saturated carbocycles. The Bertz CT molecular complexity index is 398. The molecule has 0 aromatic carbocycles. The number of rotatable bonds is 15. The van der Waals surface area contributed by atoms with Gasteiger partial charge >= 0.3 is 175 Å². The number of carbonyl (C=O) groups is 1. The van der Waals surface area contributed by atoms with E-state index in [2.05, 4.69) is 33.8 Å². The van der Waals surface area contributed by atoms with Crippen molar-refractivity contribution in [1.29, 1.82) is 0 Å². The molecular weight excluding hydrogens is 435 g/mol. The molecule has 0 aliphatic heterocycles. The van der Waals surface area contributed by atoms with Gasteiger partial charge in [-0.3, -0.25) is 0 Å². The van der Waals surface area contributed by atoms with Gasteiger partial charge in [-0.25, -0.2) is 0 Å². The molecule has 0 heterocycles. The van der Waals surface area contributed by atoms with Crippen LogP contribution < -0.4 is 0 Å². The Morgan fingerprint density at radius 3 is 1.70 bits per heavy atom. The molecule has 0 N–H and O–H groups in total. The van der Waals surface area contributed by atoms with Crippen LogP contribution in [0.25, 0.3) is 0 Å². The summed E-state index contributed by atoms with van der Waals surface area (Å²) in [7, 11) is 0. The van der Waals surface area contributed by atoms with Gasteiger partial charge in [-0.2, -0.15) is 0 Å². The summed E-state index contributed by atoms with van der Waals surface area (Å²) in [6.45, 7) is 9.35. The van der Waals surface area contributed by atoms with Crippen molar-refractivity contribution < 1.29 is 4.79 Å². The first-order valence-corrected chi connectivity index (χ1v) is 19.9. The van der Waals surface area contributed by atoms with Gasteiger partial charge in [0.05, 0.1) is 0 Å². The SMILES string of the molecule is CCCC/[C](=C\C(=O)C1CCCCC1)[Sn]([CH2]CCC)([CH2]CCC)[CH2]CCC. The van der Waals surface area contributed by atoms with E-state index in [0.29, 0.717) is 11.7 Å². The van der Waals surface area contributed by atoms with Crippen molar-refractivity contribution >= 4 is 24.2 Å². The van der Waals surface area contributed by atoms with E-state index in [0.717, 1.165) is 12.8 Å². The number of hydrogen-bond donors (Lipinski definition) is 0. The minimum atomic E-state index is -2.43. The molecule has 0 aromatic heterocycles. The summed E-state index contributed by atoms with van der Waals surface area (Å²) in [5.74, 6) is 0.870. The summed E-state index contributed by atoms with van der Waals surface area (Å²) in [5.41, 5.74) is 0. The van der Waals surface area contributed by atoms with Gasteiger partial charge in [0, 0.05) is 0 Å². The van der Waals surface area contributed by atoms with Crippen molar-refractivity contribution in [2.24, 2.45) is 5.92 Å². The molecule has 158 valence electrons. The molecule has 0 radical (unpaired) electrons. The molecule has 0 bridgehead atoms. The predicted octanol–water partition coefficient (Wildman–Crippen LogP) is 8.64. The predicted molar refractivity (Wildman–Crippen MR) is 124 cm³/mol. The van der Waals surface area contributed by atoms with Crippen molar-refractivity contribution in [3.8, 4) is 0 Å². The Hall–Kier alpha value is 0.209. The molecule has 0 aromatic rings. The van der Waals surface area contributed by atoms with Gasteiger partial charge in [0.2, 0.25) is 0 Å². The molecule has 0 amide bonds. The molecule has 1 aliphatic rings. The topological polar surface area (TPSA) is 17.1 Å². The Morgan fingerprint density at radius 1 is 0.778 bits per heavy atom. The number of hydrogen-bond acceptors (Lipinski definition) is 1. The Balaban J connectivity index is 3.15. The van der Waals surface area contributed by atoms with Crippen LogP contribution in [0.3, 0.4) is 0 Å². The molecule has 0 saturated heterocycles. The van der Waals surface area contributed by atoms with Crippen LogP contribution >= 0.6 is 0 Å². The van der Waals surface area contributed by atoms with Crippen molar-refractivity contribution in [2.75, 3.05) is 0 Å². The number of allylic oxidation sites excluding steroid dienone is 2. The zero-order valence-corrected chi connectivity index (χ0v) is 21.9. The number of carbonyl (C=O) groups excluding carboxylic acids is 1. The fourth-order valence-electron chi connectivity index (χ4n) is 4.94. The van der Waals surface area contributed by atoms with Gasteiger partial charge in [-0.15, -0.1) is 0 Å². The number of ketones is 1. The van der Waals surface area contributed by atoms with Gasteiger partial charge in [0.15, 0.2) is 0 Å². The van der Waals surface area contributed by atoms with E-state index in [-0.39, 0.29) is 0 Å². The van der Waals surface area contributed by atoms with Gasteiger partial charge in [-0.05, 0) is 0 Å². The maximum atomic E-state index is 13.2. The Morgan fingerprint density at radius 2 is 1.26 bits per heavy atom. The van der Waals surface area contributed by atoms with E-state index in [4.69, 9.17) is 0 Å². The molecule has 1 aliphatic carbocycles. The van der Waals surface area contributed by atoms with Gasteiger partial charge < -0.3 is 0 Å². The summed E-state index contributed by atoms with van der Waals surface area (Å²) in [4.78, 5) is 13.2. The molecule has 0 atom stereocenters. The molecule has 0 spiro atoms. The molecule has 27 heavy (non-hydrogen) atoms. The summed E-state index contributed by atoms with van der Waals surface area (Å²) in [6.07, 6.45) is 20.4. The van der Waals surface area contributed by atoms with Gasteiger partial charge in [-0.1, -0.05) is 0 Å². The molecular formula is C25H48OSn.